The predicted molar refractivity (Wildman–Crippen MR) is 168 cm³/mol. The number of non-ortho nitro benzene ring substituents is 1. The van der Waals surface area contributed by atoms with Crippen LogP contribution >= 0.6 is 31.9 Å². The van der Waals surface area contributed by atoms with Crippen LogP contribution in [0.3, 0.4) is 0 Å². The van der Waals surface area contributed by atoms with E-state index in [0.29, 0.717) is 16.8 Å². The molecular weight excluding hydrogens is 720 g/mol. The Morgan fingerprint density at radius 2 is 1.58 bits per heavy atom. The van der Waals surface area contributed by atoms with E-state index in [9.17, 15) is 34.6 Å². The molecule has 5 rings (SSSR count). The Hall–Kier alpha value is -5.41. The minimum atomic E-state index is -0.979. The zero-order chi connectivity index (χ0) is 32.2. The fraction of sp³-hybridized carbons (Fsp3) is 0.0333. The Kier molecular flexibility index (Phi) is 9.01. The number of benzene rings is 4. The summed E-state index contributed by atoms with van der Waals surface area (Å²) in [6.07, 6.45) is 1.16. The number of carbonyl (C=O) groups is 3. The van der Waals surface area contributed by atoms with Crippen molar-refractivity contribution in [3.63, 3.8) is 0 Å². The molecule has 4 amide bonds. The van der Waals surface area contributed by atoms with Crippen LogP contribution in [0.4, 0.5) is 21.9 Å². The third kappa shape index (κ3) is 6.89. The van der Waals surface area contributed by atoms with Gasteiger partial charge in [0.05, 0.1) is 26.1 Å². The van der Waals surface area contributed by atoms with E-state index in [4.69, 9.17) is 9.47 Å². The van der Waals surface area contributed by atoms with Crippen LogP contribution in [0.25, 0.3) is 6.08 Å². The third-order valence-electron chi connectivity index (χ3n) is 6.34. The predicted octanol–water partition coefficient (Wildman–Crippen LogP) is 7.07. The molecule has 15 heteroatoms. The molecule has 1 saturated heterocycles. The molecule has 0 atom stereocenters. The van der Waals surface area contributed by atoms with Crippen LogP contribution in [0.5, 0.6) is 17.2 Å². The van der Waals surface area contributed by atoms with Crippen LogP contribution in [0, 0.1) is 20.2 Å². The summed E-state index contributed by atoms with van der Waals surface area (Å²) in [7, 11) is 0. The Labute approximate surface area is 270 Å². The molecule has 0 spiro atoms. The molecule has 1 N–H and O–H groups in total. The first kappa shape index (κ1) is 31.0. The van der Waals surface area contributed by atoms with Crippen LogP contribution in [0.15, 0.2) is 99.4 Å². The summed E-state index contributed by atoms with van der Waals surface area (Å²) in [6.45, 7) is 0.306. The van der Waals surface area contributed by atoms with Gasteiger partial charge in [-0.25, -0.2) is 9.69 Å². The number of ether oxygens (including phenoxy) is 2. The van der Waals surface area contributed by atoms with Gasteiger partial charge >= 0.3 is 11.7 Å². The standard InChI is InChI=1S/C30H18Br2N4O9/c31-19-12-18(27(24(32)14-19)45-26-11-8-21(35(40)41)15-25(26)36(42)43)13-23-28(37)33-30(39)34(29(23)38)20-6-9-22(10-7-20)44-16-17-4-2-1-3-5-17/h1-15H,16H2,(H,33,37,39)/b23-13+. The molecule has 13 nitrogen and oxygen atoms in total. The number of halogens is 2. The van der Waals surface area contributed by atoms with Crippen molar-refractivity contribution in [1.82, 2.24) is 5.32 Å². The molecule has 0 saturated carbocycles. The van der Waals surface area contributed by atoms with E-state index < -0.39 is 44.6 Å². The number of hydrogen-bond donors (Lipinski definition) is 1. The van der Waals surface area contributed by atoms with Gasteiger partial charge in [-0.3, -0.25) is 35.1 Å². The number of anilines is 1. The van der Waals surface area contributed by atoms with Gasteiger partial charge in [0.2, 0.25) is 5.75 Å². The lowest BCUT2D eigenvalue weighted by atomic mass is 10.1. The topological polar surface area (TPSA) is 171 Å². The average Bonchev–Trinajstić information content (AvgIpc) is 3.00. The molecule has 4 aromatic rings. The summed E-state index contributed by atoms with van der Waals surface area (Å²) in [5, 5.41) is 24.9. The van der Waals surface area contributed by atoms with Crippen molar-refractivity contribution in [2.75, 3.05) is 4.90 Å². The lowest BCUT2D eigenvalue weighted by Gasteiger charge is -2.26. The van der Waals surface area contributed by atoms with Crippen molar-refractivity contribution in [2.24, 2.45) is 0 Å². The maximum Gasteiger partial charge on any atom is 0.335 e. The second-order valence-corrected chi connectivity index (χ2v) is 11.1. The molecule has 0 aliphatic carbocycles. The number of nitrogens with zero attached hydrogens (tertiary/aromatic N) is 3. The zero-order valence-electron chi connectivity index (χ0n) is 22.6. The van der Waals surface area contributed by atoms with Crippen molar-refractivity contribution in [1.29, 1.82) is 0 Å². The monoisotopic (exact) mass is 736 g/mol. The summed E-state index contributed by atoms with van der Waals surface area (Å²) in [6, 6.07) is 20.5. The third-order valence-corrected chi connectivity index (χ3v) is 7.39. The lowest BCUT2D eigenvalue weighted by Crippen LogP contribution is -2.54. The number of carbonyl (C=O) groups excluding carboxylic acids is 3. The van der Waals surface area contributed by atoms with E-state index in [0.717, 1.165) is 34.7 Å². The van der Waals surface area contributed by atoms with Crippen LogP contribution in [-0.2, 0) is 16.2 Å². The van der Waals surface area contributed by atoms with Crippen LogP contribution in [0.1, 0.15) is 11.1 Å². The Morgan fingerprint density at radius 1 is 0.867 bits per heavy atom. The first-order valence-electron chi connectivity index (χ1n) is 12.8. The number of rotatable bonds is 9. The Balaban J connectivity index is 1.46. The van der Waals surface area contributed by atoms with Crippen molar-refractivity contribution in [3.05, 3.63) is 131 Å². The van der Waals surface area contributed by atoms with Crippen molar-refractivity contribution < 1.29 is 33.7 Å². The SMILES string of the molecule is O=C1NC(=O)N(c2ccc(OCc3ccccc3)cc2)C(=O)/C1=C/c1cc(Br)cc(Br)c1Oc1ccc([N+](=O)[O-])cc1[N+](=O)[O-]. The highest BCUT2D eigenvalue weighted by Crippen LogP contribution is 2.41. The van der Waals surface area contributed by atoms with E-state index in [-0.39, 0.29) is 27.2 Å². The number of barbiturate groups is 1. The number of nitro groups is 2. The van der Waals surface area contributed by atoms with Gasteiger partial charge in [-0.05, 0) is 70.0 Å². The largest absolute Gasteiger partial charge is 0.489 e. The van der Waals surface area contributed by atoms with E-state index >= 15 is 0 Å². The maximum atomic E-state index is 13.6. The van der Waals surface area contributed by atoms with E-state index in [1.807, 2.05) is 30.3 Å². The van der Waals surface area contributed by atoms with Gasteiger partial charge in [0, 0.05) is 16.1 Å². The molecule has 1 heterocycles. The summed E-state index contributed by atoms with van der Waals surface area (Å²) in [5.41, 5.74) is -0.413. The first-order valence-corrected chi connectivity index (χ1v) is 14.4. The van der Waals surface area contributed by atoms with Crippen molar-refractivity contribution >= 4 is 72.8 Å². The molecular formula is C30H18Br2N4O9. The number of hydrogen-bond acceptors (Lipinski definition) is 9. The van der Waals surface area contributed by atoms with Crippen LogP contribution in [0.2, 0.25) is 0 Å². The summed E-state index contributed by atoms with van der Waals surface area (Å²) in [5.74, 6) is -1.82. The fourth-order valence-corrected chi connectivity index (χ4v) is 5.57. The normalized spacial score (nSPS) is 13.9. The zero-order valence-corrected chi connectivity index (χ0v) is 25.8. The molecule has 0 unspecified atom stereocenters. The minimum absolute atomic E-state index is 0.0494. The average molecular weight is 738 g/mol. The van der Waals surface area contributed by atoms with Gasteiger partial charge in [-0.2, -0.15) is 0 Å². The molecule has 45 heavy (non-hydrogen) atoms. The number of nitrogens with one attached hydrogen (secondary N) is 1. The molecule has 0 radical (unpaired) electrons. The molecule has 1 aliphatic heterocycles. The minimum Gasteiger partial charge on any atom is -0.489 e. The van der Waals surface area contributed by atoms with Crippen molar-refractivity contribution in [2.45, 2.75) is 6.61 Å². The van der Waals surface area contributed by atoms with E-state index in [1.165, 1.54) is 18.2 Å². The van der Waals surface area contributed by atoms with Gasteiger partial charge in [-0.15, -0.1) is 0 Å². The lowest BCUT2D eigenvalue weighted by molar-refractivity contribution is -0.394. The van der Waals surface area contributed by atoms with Crippen molar-refractivity contribution in [3.8, 4) is 17.2 Å². The van der Waals surface area contributed by atoms with Gasteiger partial charge in [-0.1, -0.05) is 46.3 Å². The maximum absolute atomic E-state index is 13.6. The van der Waals surface area contributed by atoms with Gasteiger partial charge in [0.1, 0.15) is 23.7 Å². The van der Waals surface area contributed by atoms with Gasteiger partial charge < -0.3 is 9.47 Å². The quantitative estimate of drug-likeness (QED) is 0.0817. The molecule has 1 fully saturated rings. The van der Waals surface area contributed by atoms with E-state index in [1.54, 1.807) is 18.2 Å². The summed E-state index contributed by atoms with van der Waals surface area (Å²) < 4.78 is 12.3. The van der Waals surface area contributed by atoms with Gasteiger partial charge in [0.25, 0.3) is 17.5 Å². The molecule has 226 valence electrons. The highest BCUT2D eigenvalue weighted by atomic mass is 79.9. The fourth-order valence-electron chi connectivity index (χ4n) is 4.23. The van der Waals surface area contributed by atoms with Crippen LogP contribution in [-0.4, -0.2) is 27.7 Å². The molecule has 0 aromatic heterocycles. The number of imide groups is 2. The highest BCUT2D eigenvalue weighted by Gasteiger charge is 2.37. The summed E-state index contributed by atoms with van der Waals surface area (Å²) >= 11 is 6.64. The van der Waals surface area contributed by atoms with Crippen LogP contribution < -0.4 is 19.7 Å². The first-order chi connectivity index (χ1) is 21.5. The number of nitro benzene ring substituents is 2. The Morgan fingerprint density at radius 3 is 2.24 bits per heavy atom. The van der Waals surface area contributed by atoms with Gasteiger partial charge in [0.15, 0.2) is 0 Å². The Bertz CT molecular complexity index is 1900. The molecule has 0 bridgehead atoms. The smallest absolute Gasteiger partial charge is 0.335 e. The number of amides is 4. The summed E-state index contributed by atoms with van der Waals surface area (Å²) in [4.78, 5) is 61.2. The second kappa shape index (κ2) is 13.1. The molecule has 1 aliphatic rings. The molecule has 4 aromatic carbocycles. The van der Waals surface area contributed by atoms with E-state index in [2.05, 4.69) is 37.2 Å². The second-order valence-electron chi connectivity index (χ2n) is 9.30. The number of urea groups is 1. The highest BCUT2D eigenvalue weighted by molar-refractivity contribution is 9.11.